The maximum Gasteiger partial charge on any atom is 0.262 e. The van der Waals surface area contributed by atoms with Crippen LogP contribution in [0.15, 0.2) is 67.3 Å². The summed E-state index contributed by atoms with van der Waals surface area (Å²) in [7, 11) is 0. The molecule has 1 aliphatic rings. The Bertz CT molecular complexity index is 1530. The van der Waals surface area contributed by atoms with E-state index in [1.807, 2.05) is 6.07 Å². The number of rotatable bonds is 5. The van der Waals surface area contributed by atoms with Crippen LogP contribution in [0.3, 0.4) is 0 Å². The first kappa shape index (κ1) is 22.0. The second kappa shape index (κ2) is 9.27. The lowest BCUT2D eigenvalue weighted by atomic mass is 10.0. The molecular formula is C25H22FN9O. The molecule has 2 N–H and O–H groups in total. The number of benzene rings is 1. The van der Waals surface area contributed by atoms with Crippen LogP contribution >= 0.6 is 0 Å². The van der Waals surface area contributed by atoms with Crippen molar-refractivity contribution in [3.63, 3.8) is 0 Å². The van der Waals surface area contributed by atoms with Gasteiger partial charge in [0.1, 0.15) is 17.2 Å². The molecule has 1 aromatic carbocycles. The zero-order chi connectivity index (χ0) is 24.5. The van der Waals surface area contributed by atoms with Crippen molar-refractivity contribution in [2.24, 2.45) is 0 Å². The standard InChI is InChI=1S/C25H22FN9O/c26-21-12-17(35-24-22(32-33-35)6-3-11-29-24)7-8-20(21)25(36)34(18-4-1-9-27-15-18)23-19(5-2-10-28-23)16-13-30-31-14-16/h2-3,5-8,10-14,18,27H,1,4,9,15H2,(H,30,31). The van der Waals surface area contributed by atoms with Crippen molar-refractivity contribution >= 4 is 22.9 Å². The Morgan fingerprint density at radius 1 is 1.14 bits per heavy atom. The third-order valence-corrected chi connectivity index (χ3v) is 6.32. The molecule has 1 atom stereocenters. The summed E-state index contributed by atoms with van der Waals surface area (Å²) in [5, 5.41) is 18.4. The highest BCUT2D eigenvalue weighted by molar-refractivity contribution is 6.08. The number of H-pyrrole nitrogens is 1. The van der Waals surface area contributed by atoms with E-state index in [1.54, 1.807) is 54.0 Å². The van der Waals surface area contributed by atoms with Gasteiger partial charge >= 0.3 is 0 Å². The number of nitrogens with zero attached hydrogens (tertiary/aromatic N) is 7. The monoisotopic (exact) mass is 483 g/mol. The van der Waals surface area contributed by atoms with Gasteiger partial charge in [0, 0.05) is 42.3 Å². The summed E-state index contributed by atoms with van der Waals surface area (Å²) >= 11 is 0. The topological polar surface area (TPSA) is 118 Å². The summed E-state index contributed by atoms with van der Waals surface area (Å²) in [6, 6.07) is 11.4. The highest BCUT2D eigenvalue weighted by Crippen LogP contribution is 2.32. The van der Waals surface area contributed by atoms with Gasteiger partial charge in [-0.1, -0.05) is 5.21 Å². The van der Waals surface area contributed by atoms with Crippen molar-refractivity contribution < 1.29 is 9.18 Å². The number of anilines is 1. The number of amides is 1. The van der Waals surface area contributed by atoms with E-state index in [4.69, 9.17) is 0 Å². The van der Waals surface area contributed by atoms with Gasteiger partial charge in [-0.3, -0.25) is 14.8 Å². The third-order valence-electron chi connectivity index (χ3n) is 6.32. The Balaban J connectivity index is 1.41. The number of fused-ring (bicyclic) bond motifs is 1. The van der Waals surface area contributed by atoms with Crippen LogP contribution in [-0.2, 0) is 0 Å². The lowest BCUT2D eigenvalue weighted by molar-refractivity contribution is 0.0967. The zero-order valence-corrected chi connectivity index (χ0v) is 19.2. The quantitative estimate of drug-likeness (QED) is 0.394. The van der Waals surface area contributed by atoms with E-state index in [-0.39, 0.29) is 11.6 Å². The van der Waals surface area contributed by atoms with E-state index in [9.17, 15) is 4.79 Å². The number of nitrogens with one attached hydrogen (secondary N) is 2. The van der Waals surface area contributed by atoms with E-state index in [0.717, 1.165) is 30.5 Å². The average molecular weight is 484 g/mol. The Morgan fingerprint density at radius 2 is 2.03 bits per heavy atom. The van der Waals surface area contributed by atoms with E-state index < -0.39 is 11.7 Å². The molecule has 5 aromatic rings. The number of carbonyl (C=O) groups is 1. The van der Waals surface area contributed by atoms with Crippen LogP contribution < -0.4 is 10.2 Å². The summed E-state index contributed by atoms with van der Waals surface area (Å²) in [5.41, 5.74) is 3.00. The van der Waals surface area contributed by atoms with Crippen molar-refractivity contribution in [2.45, 2.75) is 18.9 Å². The fraction of sp³-hybridized carbons (Fsp3) is 0.200. The normalized spacial score (nSPS) is 15.8. The lowest BCUT2D eigenvalue weighted by Gasteiger charge is -2.35. The number of hydrogen-bond donors (Lipinski definition) is 2. The Labute approximate surface area is 205 Å². The van der Waals surface area contributed by atoms with Crippen molar-refractivity contribution in [2.75, 3.05) is 18.0 Å². The van der Waals surface area contributed by atoms with Gasteiger partial charge in [-0.2, -0.15) is 9.78 Å². The Morgan fingerprint density at radius 3 is 2.83 bits per heavy atom. The molecule has 180 valence electrons. The van der Waals surface area contributed by atoms with Crippen LogP contribution in [-0.4, -0.2) is 60.2 Å². The van der Waals surface area contributed by atoms with E-state index in [1.165, 1.54) is 16.8 Å². The van der Waals surface area contributed by atoms with Crippen molar-refractivity contribution in [1.29, 1.82) is 0 Å². The minimum absolute atomic E-state index is 0.0505. The molecule has 36 heavy (non-hydrogen) atoms. The highest BCUT2D eigenvalue weighted by atomic mass is 19.1. The maximum atomic E-state index is 15.5. The number of halogens is 1. The summed E-state index contributed by atoms with van der Waals surface area (Å²) in [6.45, 7) is 1.46. The first-order chi connectivity index (χ1) is 17.7. The SMILES string of the molecule is O=C(c1ccc(-n2nnc3cccnc32)cc1F)N(c1ncccc1-c1cn[nH]c1)C1CCCNC1. The number of aromatic nitrogens is 7. The third kappa shape index (κ3) is 3.89. The van der Waals surface area contributed by atoms with Crippen LogP contribution in [0, 0.1) is 5.82 Å². The van der Waals surface area contributed by atoms with Crippen LogP contribution in [0.25, 0.3) is 28.0 Å². The molecule has 0 saturated carbocycles. The minimum Gasteiger partial charge on any atom is -0.315 e. The summed E-state index contributed by atoms with van der Waals surface area (Å²) in [6.07, 6.45) is 8.35. The molecule has 1 unspecified atom stereocenters. The predicted molar refractivity (Wildman–Crippen MR) is 131 cm³/mol. The minimum atomic E-state index is -0.661. The fourth-order valence-corrected chi connectivity index (χ4v) is 4.58. The molecule has 10 nitrogen and oxygen atoms in total. The van der Waals surface area contributed by atoms with Gasteiger partial charge in [0.25, 0.3) is 5.91 Å². The zero-order valence-electron chi connectivity index (χ0n) is 19.2. The Hall–Kier alpha value is -4.51. The maximum absolute atomic E-state index is 15.5. The first-order valence-electron chi connectivity index (χ1n) is 11.7. The number of pyridine rings is 2. The molecule has 1 saturated heterocycles. The Kier molecular flexibility index (Phi) is 5.66. The second-order valence-corrected chi connectivity index (χ2v) is 8.55. The van der Waals surface area contributed by atoms with E-state index in [2.05, 4.69) is 35.8 Å². The van der Waals surface area contributed by atoms with Crippen molar-refractivity contribution in [3.05, 3.63) is 78.6 Å². The molecular weight excluding hydrogens is 461 g/mol. The van der Waals surface area contributed by atoms with Crippen molar-refractivity contribution in [1.82, 2.24) is 40.5 Å². The molecule has 5 heterocycles. The van der Waals surface area contributed by atoms with Gasteiger partial charge in [-0.15, -0.1) is 5.10 Å². The average Bonchev–Trinajstić information content (AvgIpc) is 3.60. The van der Waals surface area contributed by atoms with Gasteiger partial charge in [0.2, 0.25) is 0 Å². The fourth-order valence-electron chi connectivity index (χ4n) is 4.58. The van der Waals surface area contributed by atoms with Gasteiger partial charge in [0.15, 0.2) is 5.65 Å². The molecule has 0 radical (unpaired) electrons. The van der Waals surface area contributed by atoms with E-state index >= 15 is 4.39 Å². The lowest BCUT2D eigenvalue weighted by Crippen LogP contribution is -2.49. The molecule has 6 rings (SSSR count). The number of piperidine rings is 1. The number of hydrogen-bond acceptors (Lipinski definition) is 7. The summed E-state index contributed by atoms with van der Waals surface area (Å²) in [5.74, 6) is -0.656. The van der Waals surface area contributed by atoms with Crippen LogP contribution in [0.2, 0.25) is 0 Å². The molecule has 1 aliphatic heterocycles. The molecule has 4 aromatic heterocycles. The van der Waals surface area contributed by atoms with E-state index in [0.29, 0.717) is 29.2 Å². The molecule has 0 bridgehead atoms. The largest absolute Gasteiger partial charge is 0.315 e. The first-order valence-corrected chi connectivity index (χ1v) is 11.7. The predicted octanol–water partition coefficient (Wildman–Crippen LogP) is 3.14. The van der Waals surface area contributed by atoms with Crippen LogP contribution in [0.1, 0.15) is 23.2 Å². The summed E-state index contributed by atoms with van der Waals surface area (Å²) in [4.78, 5) is 24.4. The number of carbonyl (C=O) groups excluding carboxylic acids is 1. The smallest absolute Gasteiger partial charge is 0.262 e. The second-order valence-electron chi connectivity index (χ2n) is 8.55. The van der Waals surface area contributed by atoms with Crippen molar-refractivity contribution in [3.8, 4) is 16.8 Å². The molecule has 0 spiro atoms. The molecule has 0 aliphatic carbocycles. The molecule has 1 fully saturated rings. The highest BCUT2D eigenvalue weighted by Gasteiger charge is 2.32. The number of aromatic amines is 1. The van der Waals surface area contributed by atoms with Crippen LogP contribution in [0.5, 0.6) is 0 Å². The van der Waals surface area contributed by atoms with Gasteiger partial charge in [0.05, 0.1) is 23.5 Å². The molecule has 11 heteroatoms. The van der Waals surface area contributed by atoms with Crippen LogP contribution in [0.4, 0.5) is 10.2 Å². The summed E-state index contributed by atoms with van der Waals surface area (Å²) < 4.78 is 17.0. The van der Waals surface area contributed by atoms with Gasteiger partial charge < -0.3 is 5.32 Å². The molecule has 1 amide bonds. The van der Waals surface area contributed by atoms with Gasteiger partial charge in [-0.25, -0.2) is 14.4 Å². The van der Waals surface area contributed by atoms with Gasteiger partial charge in [-0.05, 0) is 55.8 Å².